The van der Waals surface area contributed by atoms with Gasteiger partial charge >= 0.3 is 0 Å². The zero-order valence-electron chi connectivity index (χ0n) is 11.7. The Bertz CT molecular complexity index is 495. The predicted octanol–water partition coefficient (Wildman–Crippen LogP) is 2.47. The lowest BCUT2D eigenvalue weighted by molar-refractivity contribution is 0.554. The lowest BCUT2D eigenvalue weighted by atomic mass is 10.2. The third-order valence-corrected chi connectivity index (χ3v) is 4.94. The molecule has 102 valence electrons. The summed E-state index contributed by atoms with van der Waals surface area (Å²) in [6.45, 7) is 8.65. The van der Waals surface area contributed by atoms with Crippen LogP contribution in [0.25, 0.3) is 0 Å². The maximum atomic E-state index is 12.3. The Balaban J connectivity index is 2.86. The minimum atomic E-state index is -3.20. The lowest BCUT2D eigenvalue weighted by Gasteiger charge is -2.15. The average molecular weight is 269 g/mol. The van der Waals surface area contributed by atoms with Crippen LogP contribution in [-0.2, 0) is 9.84 Å². The number of benzene rings is 1. The Morgan fingerprint density at radius 2 is 1.94 bits per heavy atom. The Morgan fingerprint density at radius 1 is 1.28 bits per heavy atom. The molecule has 0 heterocycles. The van der Waals surface area contributed by atoms with Crippen LogP contribution in [0.1, 0.15) is 31.4 Å². The van der Waals surface area contributed by atoms with Crippen LogP contribution in [0.3, 0.4) is 0 Å². The van der Waals surface area contributed by atoms with Crippen molar-refractivity contribution < 1.29 is 8.42 Å². The van der Waals surface area contributed by atoms with Crippen molar-refractivity contribution in [3.63, 3.8) is 0 Å². The first-order valence-corrected chi connectivity index (χ1v) is 8.05. The lowest BCUT2D eigenvalue weighted by Crippen LogP contribution is -2.33. The van der Waals surface area contributed by atoms with Crippen LogP contribution in [-0.4, -0.2) is 26.8 Å². The van der Waals surface area contributed by atoms with Crippen molar-refractivity contribution in [2.24, 2.45) is 0 Å². The normalized spacial score (nSPS) is 13.6. The molecule has 1 atom stereocenters. The molecule has 0 bridgehead atoms. The molecular weight excluding hydrogens is 246 g/mol. The fourth-order valence-corrected chi connectivity index (χ4v) is 3.80. The first-order valence-electron chi connectivity index (χ1n) is 6.40. The number of rotatable bonds is 6. The number of aryl methyl sites for hydroxylation is 2. The van der Waals surface area contributed by atoms with E-state index < -0.39 is 9.84 Å². The summed E-state index contributed by atoms with van der Waals surface area (Å²) in [5, 5.41) is 3.21. The van der Waals surface area contributed by atoms with Crippen LogP contribution in [0.2, 0.25) is 0 Å². The van der Waals surface area contributed by atoms with Crippen LogP contribution in [0, 0.1) is 13.8 Å². The third kappa shape index (κ3) is 4.10. The van der Waals surface area contributed by atoms with Gasteiger partial charge in [-0.25, -0.2) is 8.42 Å². The molecule has 1 aromatic carbocycles. The van der Waals surface area contributed by atoms with E-state index in [0.29, 0.717) is 4.90 Å². The molecule has 0 fully saturated rings. The van der Waals surface area contributed by atoms with Crippen molar-refractivity contribution in [1.29, 1.82) is 0 Å². The summed E-state index contributed by atoms with van der Waals surface area (Å²) in [7, 11) is -3.20. The summed E-state index contributed by atoms with van der Waals surface area (Å²) in [5.74, 6) is 0.150. The molecule has 0 aliphatic carbocycles. The Morgan fingerprint density at radius 3 is 2.50 bits per heavy atom. The summed E-state index contributed by atoms with van der Waals surface area (Å²) in [4.78, 5) is 0.457. The molecule has 0 spiro atoms. The minimum Gasteiger partial charge on any atom is -0.313 e. The van der Waals surface area contributed by atoms with Gasteiger partial charge in [0.25, 0.3) is 0 Å². The Kier molecular flexibility index (Phi) is 5.35. The zero-order chi connectivity index (χ0) is 13.8. The number of hydrogen-bond donors (Lipinski definition) is 1. The Labute approximate surface area is 111 Å². The van der Waals surface area contributed by atoms with Gasteiger partial charge in [-0.05, 0) is 45.4 Å². The number of sulfone groups is 1. The van der Waals surface area contributed by atoms with Gasteiger partial charge in [0.15, 0.2) is 9.84 Å². The smallest absolute Gasteiger partial charge is 0.180 e. The van der Waals surface area contributed by atoms with E-state index in [1.807, 2.05) is 32.9 Å². The molecule has 1 N–H and O–H groups in total. The molecule has 0 aliphatic heterocycles. The highest BCUT2D eigenvalue weighted by atomic mass is 32.2. The predicted molar refractivity (Wildman–Crippen MR) is 75.7 cm³/mol. The van der Waals surface area contributed by atoms with E-state index in [0.717, 1.165) is 24.1 Å². The monoisotopic (exact) mass is 269 g/mol. The SMILES string of the molecule is CCCNC(C)CS(=O)(=O)c1ccc(C)cc1C. The highest BCUT2D eigenvalue weighted by Crippen LogP contribution is 2.18. The van der Waals surface area contributed by atoms with Crippen molar-refractivity contribution in [3.8, 4) is 0 Å². The van der Waals surface area contributed by atoms with Gasteiger partial charge in [-0.3, -0.25) is 0 Å². The summed E-state index contributed by atoms with van der Waals surface area (Å²) in [6.07, 6.45) is 1.01. The van der Waals surface area contributed by atoms with Gasteiger partial charge in [-0.2, -0.15) is 0 Å². The molecule has 0 aliphatic rings. The van der Waals surface area contributed by atoms with Gasteiger partial charge in [0.05, 0.1) is 10.6 Å². The quantitative estimate of drug-likeness (QED) is 0.863. The van der Waals surface area contributed by atoms with Crippen molar-refractivity contribution in [3.05, 3.63) is 29.3 Å². The van der Waals surface area contributed by atoms with E-state index in [-0.39, 0.29) is 11.8 Å². The molecule has 0 amide bonds. The molecular formula is C14H23NO2S. The Hall–Kier alpha value is -0.870. The summed E-state index contributed by atoms with van der Waals surface area (Å²) >= 11 is 0. The molecule has 0 aromatic heterocycles. The third-order valence-electron chi connectivity index (χ3n) is 2.88. The largest absolute Gasteiger partial charge is 0.313 e. The van der Waals surface area contributed by atoms with E-state index in [1.165, 1.54) is 0 Å². The maximum Gasteiger partial charge on any atom is 0.180 e. The van der Waals surface area contributed by atoms with E-state index in [2.05, 4.69) is 12.2 Å². The fourth-order valence-electron chi connectivity index (χ4n) is 2.02. The second-order valence-corrected chi connectivity index (χ2v) is 6.91. The molecule has 1 unspecified atom stereocenters. The van der Waals surface area contributed by atoms with Gasteiger partial charge in [0, 0.05) is 6.04 Å². The molecule has 0 saturated carbocycles. The van der Waals surface area contributed by atoms with Crippen LogP contribution < -0.4 is 5.32 Å². The van der Waals surface area contributed by atoms with Gasteiger partial charge in [0.1, 0.15) is 0 Å². The number of nitrogens with one attached hydrogen (secondary N) is 1. The molecule has 0 saturated heterocycles. The first kappa shape index (κ1) is 15.2. The van der Waals surface area contributed by atoms with Gasteiger partial charge in [0.2, 0.25) is 0 Å². The summed E-state index contributed by atoms with van der Waals surface area (Å²) in [6, 6.07) is 5.46. The van der Waals surface area contributed by atoms with E-state index in [9.17, 15) is 8.42 Å². The molecule has 1 rings (SSSR count). The molecule has 0 radical (unpaired) electrons. The van der Waals surface area contributed by atoms with E-state index in [1.54, 1.807) is 6.07 Å². The highest BCUT2D eigenvalue weighted by Gasteiger charge is 2.19. The second-order valence-electron chi connectivity index (χ2n) is 4.91. The second kappa shape index (κ2) is 6.34. The van der Waals surface area contributed by atoms with Gasteiger partial charge in [-0.1, -0.05) is 24.6 Å². The van der Waals surface area contributed by atoms with Crippen LogP contribution in [0.5, 0.6) is 0 Å². The van der Waals surface area contributed by atoms with Crippen LogP contribution in [0.15, 0.2) is 23.1 Å². The average Bonchev–Trinajstić information content (AvgIpc) is 2.25. The maximum absolute atomic E-state index is 12.3. The van der Waals surface area contributed by atoms with Gasteiger partial charge in [-0.15, -0.1) is 0 Å². The van der Waals surface area contributed by atoms with Crippen molar-refractivity contribution in [1.82, 2.24) is 5.32 Å². The van der Waals surface area contributed by atoms with Crippen LogP contribution >= 0.6 is 0 Å². The van der Waals surface area contributed by atoms with E-state index >= 15 is 0 Å². The van der Waals surface area contributed by atoms with Crippen LogP contribution in [0.4, 0.5) is 0 Å². The highest BCUT2D eigenvalue weighted by molar-refractivity contribution is 7.91. The molecule has 1 aromatic rings. The summed E-state index contributed by atoms with van der Waals surface area (Å²) < 4.78 is 24.6. The molecule has 3 nitrogen and oxygen atoms in total. The fraction of sp³-hybridized carbons (Fsp3) is 0.571. The van der Waals surface area contributed by atoms with Crippen molar-refractivity contribution in [2.45, 2.75) is 45.1 Å². The summed E-state index contributed by atoms with van der Waals surface area (Å²) in [5.41, 5.74) is 1.92. The molecule has 4 heteroatoms. The minimum absolute atomic E-state index is 0.0179. The van der Waals surface area contributed by atoms with E-state index in [4.69, 9.17) is 0 Å². The topological polar surface area (TPSA) is 46.2 Å². The van der Waals surface area contributed by atoms with Crippen molar-refractivity contribution >= 4 is 9.84 Å². The van der Waals surface area contributed by atoms with Crippen molar-refractivity contribution in [2.75, 3.05) is 12.3 Å². The van der Waals surface area contributed by atoms with Gasteiger partial charge < -0.3 is 5.32 Å². The standard InChI is InChI=1S/C14H23NO2S/c1-5-8-15-13(4)10-18(16,17)14-7-6-11(2)9-12(14)3/h6-7,9,13,15H,5,8,10H2,1-4H3. The number of hydrogen-bond acceptors (Lipinski definition) is 3. The zero-order valence-corrected chi connectivity index (χ0v) is 12.5. The molecule has 18 heavy (non-hydrogen) atoms. The first-order chi connectivity index (χ1) is 8.36.